The summed E-state index contributed by atoms with van der Waals surface area (Å²) in [5, 5.41) is 20.4. The number of rotatable bonds is 8. The normalized spacial score (nSPS) is 16.8. The maximum Gasteiger partial charge on any atom is 0.407 e. The minimum Gasteiger partial charge on any atom is -0.445 e. The Labute approximate surface area is 205 Å². The zero-order valence-electron chi connectivity index (χ0n) is 19.9. The van der Waals surface area contributed by atoms with Crippen molar-refractivity contribution in [3.8, 4) is 0 Å². The van der Waals surface area contributed by atoms with Gasteiger partial charge in [-0.05, 0) is 17.7 Å². The number of aliphatic hydroxyl groups is 1. The number of benzene rings is 1. The Hall–Kier alpha value is -3.44. The van der Waals surface area contributed by atoms with Crippen molar-refractivity contribution in [2.45, 2.75) is 6.61 Å². The molecule has 0 unspecified atom stereocenters. The zero-order chi connectivity index (χ0) is 24.5. The molecule has 0 radical (unpaired) electrons. The summed E-state index contributed by atoms with van der Waals surface area (Å²) in [6.45, 7) is 6.91. The fourth-order valence-corrected chi connectivity index (χ4v) is 4.22. The van der Waals surface area contributed by atoms with Crippen molar-refractivity contribution in [2.24, 2.45) is 0 Å². The molecule has 2 aromatic rings. The fourth-order valence-electron chi connectivity index (χ4n) is 4.22. The van der Waals surface area contributed by atoms with Gasteiger partial charge in [-0.2, -0.15) is 0 Å². The predicted molar refractivity (Wildman–Crippen MR) is 131 cm³/mol. The van der Waals surface area contributed by atoms with Crippen molar-refractivity contribution in [3.63, 3.8) is 0 Å². The third-order valence-corrected chi connectivity index (χ3v) is 6.30. The van der Waals surface area contributed by atoms with Gasteiger partial charge in [-0.1, -0.05) is 30.3 Å². The molecule has 0 atom stereocenters. The van der Waals surface area contributed by atoms with E-state index in [0.717, 1.165) is 43.4 Å². The Morgan fingerprint density at radius 1 is 0.857 bits per heavy atom. The molecule has 11 nitrogen and oxygen atoms in total. The molecule has 4 rings (SSSR count). The number of aromatic nitrogens is 2. The van der Waals surface area contributed by atoms with E-state index in [1.54, 1.807) is 4.90 Å². The number of anilines is 2. The second-order valence-corrected chi connectivity index (χ2v) is 8.59. The summed E-state index contributed by atoms with van der Waals surface area (Å²) in [7, 11) is 0. The molecule has 0 spiro atoms. The van der Waals surface area contributed by atoms with Gasteiger partial charge in [-0.15, -0.1) is 10.2 Å². The van der Waals surface area contributed by atoms with Crippen LogP contribution >= 0.6 is 0 Å². The molecule has 1 aromatic heterocycles. The monoisotopic (exact) mass is 483 g/mol. The van der Waals surface area contributed by atoms with E-state index in [1.807, 2.05) is 42.5 Å². The van der Waals surface area contributed by atoms with E-state index >= 15 is 0 Å². The van der Waals surface area contributed by atoms with Crippen molar-refractivity contribution in [1.82, 2.24) is 25.3 Å². The van der Waals surface area contributed by atoms with Gasteiger partial charge in [0.15, 0.2) is 11.6 Å². The molecule has 2 aliphatic heterocycles. The van der Waals surface area contributed by atoms with Crippen LogP contribution in [0.25, 0.3) is 0 Å². The maximum atomic E-state index is 12.5. The van der Waals surface area contributed by atoms with Crippen LogP contribution in [-0.2, 0) is 16.1 Å². The highest BCUT2D eigenvalue weighted by molar-refractivity contribution is 5.82. The standard InChI is InChI=1S/C24H33N7O4/c32-17-16-28-8-10-29(11-9-28)21-6-7-22(27-26-21)30-12-14-31(15-13-30)23(33)18-25-24(34)35-19-20-4-2-1-3-5-20/h1-7,32H,8-19H2,(H,25,34). The highest BCUT2D eigenvalue weighted by Gasteiger charge is 2.23. The van der Waals surface area contributed by atoms with Crippen LogP contribution in [0.15, 0.2) is 42.5 Å². The number of aliphatic hydroxyl groups excluding tert-OH is 1. The summed E-state index contributed by atoms with van der Waals surface area (Å²) >= 11 is 0. The van der Waals surface area contributed by atoms with Crippen LogP contribution in [0.1, 0.15) is 5.56 Å². The molecule has 0 bridgehead atoms. The average Bonchev–Trinajstić information content (AvgIpc) is 2.92. The molecule has 2 N–H and O–H groups in total. The molecule has 2 aliphatic rings. The second-order valence-electron chi connectivity index (χ2n) is 8.59. The lowest BCUT2D eigenvalue weighted by molar-refractivity contribution is -0.130. The van der Waals surface area contributed by atoms with E-state index in [1.165, 1.54) is 0 Å². The van der Waals surface area contributed by atoms with Gasteiger partial charge < -0.3 is 29.9 Å². The first kappa shape index (κ1) is 24.7. The molecule has 11 heteroatoms. The summed E-state index contributed by atoms with van der Waals surface area (Å²) in [4.78, 5) is 32.7. The molecule has 3 heterocycles. The average molecular weight is 484 g/mol. The molecular formula is C24H33N7O4. The second kappa shape index (κ2) is 12.3. The Morgan fingerprint density at radius 3 is 2.03 bits per heavy atom. The number of ether oxygens (including phenoxy) is 1. The molecule has 2 fully saturated rings. The van der Waals surface area contributed by atoms with Crippen LogP contribution in [0.2, 0.25) is 0 Å². The quantitative estimate of drug-likeness (QED) is 0.542. The smallest absolute Gasteiger partial charge is 0.407 e. The molecule has 2 amide bonds. The van der Waals surface area contributed by atoms with Gasteiger partial charge in [0.25, 0.3) is 0 Å². The topological polar surface area (TPSA) is 114 Å². The SMILES string of the molecule is O=C(NCC(=O)N1CCN(c2ccc(N3CCN(CCO)CC3)nn2)CC1)OCc1ccccc1. The first-order chi connectivity index (χ1) is 17.1. The van der Waals surface area contributed by atoms with E-state index < -0.39 is 6.09 Å². The highest BCUT2D eigenvalue weighted by atomic mass is 16.5. The van der Waals surface area contributed by atoms with E-state index in [4.69, 9.17) is 9.84 Å². The number of hydrogen-bond donors (Lipinski definition) is 2. The number of nitrogens with one attached hydrogen (secondary N) is 1. The Balaban J connectivity index is 1.16. The molecule has 188 valence electrons. The fraction of sp³-hybridized carbons (Fsp3) is 0.500. The van der Waals surface area contributed by atoms with Crippen LogP contribution in [0.3, 0.4) is 0 Å². The van der Waals surface area contributed by atoms with Gasteiger partial charge >= 0.3 is 6.09 Å². The minimum absolute atomic E-state index is 0.0896. The third-order valence-electron chi connectivity index (χ3n) is 6.30. The summed E-state index contributed by atoms with van der Waals surface area (Å²) in [5.74, 6) is 1.52. The first-order valence-corrected chi connectivity index (χ1v) is 12.0. The first-order valence-electron chi connectivity index (χ1n) is 12.0. The molecule has 0 aliphatic carbocycles. The Bertz CT molecular complexity index is 944. The molecule has 1 aromatic carbocycles. The van der Waals surface area contributed by atoms with Gasteiger partial charge in [-0.3, -0.25) is 9.69 Å². The van der Waals surface area contributed by atoms with E-state index in [2.05, 4.69) is 30.2 Å². The van der Waals surface area contributed by atoms with Crippen molar-refractivity contribution in [2.75, 3.05) is 81.9 Å². The van der Waals surface area contributed by atoms with Crippen molar-refractivity contribution >= 4 is 23.6 Å². The summed E-state index contributed by atoms with van der Waals surface area (Å²) in [6.07, 6.45) is -0.606. The van der Waals surface area contributed by atoms with E-state index in [9.17, 15) is 9.59 Å². The van der Waals surface area contributed by atoms with Crippen molar-refractivity contribution in [1.29, 1.82) is 0 Å². The lowest BCUT2D eigenvalue weighted by Crippen LogP contribution is -2.51. The third kappa shape index (κ3) is 7.03. The minimum atomic E-state index is -0.606. The number of carbonyl (C=O) groups excluding carboxylic acids is 2. The Kier molecular flexibility index (Phi) is 8.68. The number of hydrogen-bond acceptors (Lipinski definition) is 9. The molecule has 0 saturated carbocycles. The van der Waals surface area contributed by atoms with Crippen LogP contribution in [0.4, 0.5) is 16.4 Å². The van der Waals surface area contributed by atoms with Crippen molar-refractivity contribution < 1.29 is 19.4 Å². The highest BCUT2D eigenvalue weighted by Crippen LogP contribution is 2.18. The number of β-amino-alcohol motifs (C(OH)–C–C–N with tert-alkyl or cyclic N) is 1. The zero-order valence-corrected chi connectivity index (χ0v) is 19.9. The van der Waals surface area contributed by atoms with Crippen LogP contribution in [-0.4, -0.2) is 109 Å². The molecule has 35 heavy (non-hydrogen) atoms. The number of alkyl carbamates (subject to hydrolysis) is 1. The molecule has 2 saturated heterocycles. The lowest BCUT2D eigenvalue weighted by Gasteiger charge is -2.36. The van der Waals surface area contributed by atoms with Gasteiger partial charge in [0.1, 0.15) is 13.2 Å². The Morgan fingerprint density at radius 2 is 1.46 bits per heavy atom. The van der Waals surface area contributed by atoms with Gasteiger partial charge in [0.05, 0.1) is 6.61 Å². The van der Waals surface area contributed by atoms with E-state index in [0.29, 0.717) is 32.7 Å². The number of carbonyl (C=O) groups is 2. The van der Waals surface area contributed by atoms with E-state index in [-0.39, 0.29) is 25.7 Å². The largest absolute Gasteiger partial charge is 0.445 e. The lowest BCUT2D eigenvalue weighted by atomic mass is 10.2. The van der Waals surface area contributed by atoms with Crippen molar-refractivity contribution in [3.05, 3.63) is 48.0 Å². The summed E-state index contributed by atoms with van der Waals surface area (Å²) in [5.41, 5.74) is 0.891. The number of piperazine rings is 2. The van der Waals surface area contributed by atoms with Crippen LogP contribution < -0.4 is 15.1 Å². The maximum absolute atomic E-state index is 12.5. The predicted octanol–water partition coefficient (Wildman–Crippen LogP) is 0.166. The van der Waals surface area contributed by atoms with Crippen LogP contribution in [0, 0.1) is 0 Å². The molecular weight excluding hydrogens is 450 g/mol. The number of amides is 2. The summed E-state index contributed by atoms with van der Waals surface area (Å²) in [6, 6.07) is 13.4. The summed E-state index contributed by atoms with van der Waals surface area (Å²) < 4.78 is 5.15. The van der Waals surface area contributed by atoms with Gasteiger partial charge in [0, 0.05) is 58.9 Å². The van der Waals surface area contributed by atoms with Crippen LogP contribution in [0.5, 0.6) is 0 Å². The van der Waals surface area contributed by atoms with Gasteiger partial charge in [-0.25, -0.2) is 4.79 Å². The van der Waals surface area contributed by atoms with Gasteiger partial charge in [0.2, 0.25) is 5.91 Å². The number of nitrogens with zero attached hydrogens (tertiary/aromatic N) is 6.